The number of pyridine rings is 1. The lowest BCUT2D eigenvalue weighted by Gasteiger charge is -2.02. The van der Waals surface area contributed by atoms with E-state index in [1.165, 1.54) is 0 Å². The molecule has 2 aromatic rings. The first kappa shape index (κ1) is 10.2. The molecule has 4 N–H and O–H groups in total. The van der Waals surface area contributed by atoms with Crippen LogP contribution in [-0.2, 0) is 0 Å². The van der Waals surface area contributed by atoms with Gasteiger partial charge in [0.05, 0.1) is 0 Å². The molecule has 0 saturated heterocycles. The molecule has 1 aromatic carbocycles. The summed E-state index contributed by atoms with van der Waals surface area (Å²) in [6.07, 6.45) is 1.69. The van der Waals surface area contributed by atoms with Gasteiger partial charge in [0.1, 0.15) is 5.82 Å². The summed E-state index contributed by atoms with van der Waals surface area (Å²) in [6.45, 7) is 0. The van der Waals surface area contributed by atoms with Crippen LogP contribution in [-0.4, -0.2) is 10.9 Å². The van der Waals surface area contributed by atoms with Crippen LogP contribution in [0, 0.1) is 0 Å². The summed E-state index contributed by atoms with van der Waals surface area (Å²) in [4.78, 5) is 14.9. The van der Waals surface area contributed by atoms with Gasteiger partial charge in [-0.2, -0.15) is 0 Å². The number of rotatable bonds is 2. The number of carbonyl (C=O) groups excluding carboxylic acids is 1. The van der Waals surface area contributed by atoms with E-state index in [4.69, 9.17) is 11.5 Å². The minimum Gasteiger partial charge on any atom is -0.384 e. The van der Waals surface area contributed by atoms with Crippen LogP contribution in [0.2, 0.25) is 0 Å². The van der Waals surface area contributed by atoms with Crippen molar-refractivity contribution in [1.29, 1.82) is 0 Å². The first-order valence-corrected chi connectivity index (χ1v) is 4.78. The summed E-state index contributed by atoms with van der Waals surface area (Å²) in [5.41, 5.74) is 13.1. The Morgan fingerprint density at radius 3 is 2.12 bits per heavy atom. The normalized spacial score (nSPS) is 10.0. The van der Waals surface area contributed by atoms with Gasteiger partial charge in [0.15, 0.2) is 0 Å². The molecule has 0 aliphatic rings. The van der Waals surface area contributed by atoms with Crippen LogP contribution in [0.4, 0.5) is 5.82 Å². The number of hydrogen-bond acceptors (Lipinski definition) is 3. The number of primary amides is 1. The van der Waals surface area contributed by atoms with E-state index in [1.54, 1.807) is 24.4 Å². The molecule has 0 atom stereocenters. The highest BCUT2D eigenvalue weighted by Gasteiger charge is 2.01. The van der Waals surface area contributed by atoms with Crippen LogP contribution in [0.3, 0.4) is 0 Å². The van der Waals surface area contributed by atoms with Crippen molar-refractivity contribution in [3.8, 4) is 11.1 Å². The molecule has 1 heterocycles. The summed E-state index contributed by atoms with van der Waals surface area (Å²) in [7, 11) is 0. The molecular weight excluding hydrogens is 202 g/mol. The zero-order valence-corrected chi connectivity index (χ0v) is 8.55. The largest absolute Gasteiger partial charge is 0.384 e. The Morgan fingerprint density at radius 2 is 1.62 bits per heavy atom. The first-order valence-electron chi connectivity index (χ1n) is 4.78. The summed E-state index contributed by atoms with van der Waals surface area (Å²) in [5, 5.41) is 0. The maximum absolute atomic E-state index is 10.9. The molecule has 1 aromatic heterocycles. The van der Waals surface area contributed by atoms with E-state index < -0.39 is 5.91 Å². The average molecular weight is 213 g/mol. The summed E-state index contributed by atoms with van der Waals surface area (Å²) in [5.74, 6) is 0.0551. The molecule has 0 radical (unpaired) electrons. The molecule has 16 heavy (non-hydrogen) atoms. The van der Waals surface area contributed by atoms with Gasteiger partial charge >= 0.3 is 0 Å². The second-order valence-corrected chi connectivity index (χ2v) is 3.41. The third kappa shape index (κ3) is 2.00. The minimum atomic E-state index is -0.429. The van der Waals surface area contributed by atoms with Crippen LogP contribution < -0.4 is 11.5 Å². The summed E-state index contributed by atoms with van der Waals surface area (Å²) in [6, 6.07) is 10.6. The van der Waals surface area contributed by atoms with Crippen molar-refractivity contribution in [3.05, 3.63) is 48.2 Å². The molecule has 0 bridgehead atoms. The lowest BCUT2D eigenvalue weighted by atomic mass is 10.1. The Bertz CT molecular complexity index is 503. The number of nitrogens with zero attached hydrogens (tertiary/aromatic N) is 1. The van der Waals surface area contributed by atoms with Gasteiger partial charge in [-0.25, -0.2) is 4.98 Å². The van der Waals surface area contributed by atoms with Crippen LogP contribution in [0.5, 0.6) is 0 Å². The van der Waals surface area contributed by atoms with Gasteiger partial charge < -0.3 is 11.5 Å². The number of aromatic nitrogens is 1. The van der Waals surface area contributed by atoms with Gasteiger partial charge in [0.2, 0.25) is 5.91 Å². The second kappa shape index (κ2) is 4.02. The number of anilines is 1. The number of hydrogen-bond donors (Lipinski definition) is 2. The first-order chi connectivity index (χ1) is 7.66. The van der Waals surface area contributed by atoms with E-state index in [9.17, 15) is 4.79 Å². The SMILES string of the molecule is NC(=O)c1ccc(-c2ccc(N)nc2)cc1. The van der Waals surface area contributed by atoms with Crippen molar-refractivity contribution < 1.29 is 4.79 Å². The van der Waals surface area contributed by atoms with Crippen LogP contribution in [0.25, 0.3) is 11.1 Å². The standard InChI is InChI=1S/C12H11N3O/c13-11-6-5-10(7-15-11)8-1-3-9(4-2-8)12(14)16/h1-7H,(H2,13,15)(H2,14,16). The molecular formula is C12H11N3O. The van der Waals surface area contributed by atoms with Gasteiger partial charge in [-0.3, -0.25) is 4.79 Å². The Labute approximate surface area is 92.9 Å². The quantitative estimate of drug-likeness (QED) is 0.791. The van der Waals surface area contributed by atoms with Crippen molar-refractivity contribution in [2.75, 3.05) is 5.73 Å². The van der Waals surface area contributed by atoms with Crippen molar-refractivity contribution >= 4 is 11.7 Å². The lowest BCUT2D eigenvalue weighted by Crippen LogP contribution is -2.10. The molecule has 0 fully saturated rings. The molecule has 2 rings (SSSR count). The zero-order chi connectivity index (χ0) is 11.5. The fourth-order valence-electron chi connectivity index (χ4n) is 1.40. The highest BCUT2D eigenvalue weighted by molar-refractivity contribution is 5.93. The third-order valence-electron chi connectivity index (χ3n) is 2.29. The van der Waals surface area contributed by atoms with Gasteiger partial charge in [-0.1, -0.05) is 12.1 Å². The fraction of sp³-hybridized carbons (Fsp3) is 0. The van der Waals surface area contributed by atoms with Crippen molar-refractivity contribution in [2.24, 2.45) is 5.73 Å². The zero-order valence-electron chi connectivity index (χ0n) is 8.55. The Morgan fingerprint density at radius 1 is 1.00 bits per heavy atom. The van der Waals surface area contributed by atoms with E-state index in [0.29, 0.717) is 11.4 Å². The van der Waals surface area contributed by atoms with E-state index in [1.807, 2.05) is 18.2 Å². The van der Waals surface area contributed by atoms with Gasteiger partial charge in [-0.15, -0.1) is 0 Å². The number of amides is 1. The number of benzene rings is 1. The van der Waals surface area contributed by atoms with Crippen LogP contribution >= 0.6 is 0 Å². The van der Waals surface area contributed by atoms with Crippen LogP contribution in [0.15, 0.2) is 42.6 Å². The monoisotopic (exact) mass is 213 g/mol. The molecule has 0 unspecified atom stereocenters. The molecule has 0 aliphatic carbocycles. The molecule has 80 valence electrons. The predicted molar refractivity (Wildman–Crippen MR) is 62.6 cm³/mol. The van der Waals surface area contributed by atoms with Crippen molar-refractivity contribution in [3.63, 3.8) is 0 Å². The highest BCUT2D eigenvalue weighted by Crippen LogP contribution is 2.19. The summed E-state index contributed by atoms with van der Waals surface area (Å²) >= 11 is 0. The maximum Gasteiger partial charge on any atom is 0.248 e. The Hall–Kier alpha value is -2.36. The molecule has 1 amide bonds. The third-order valence-corrected chi connectivity index (χ3v) is 2.29. The second-order valence-electron chi connectivity index (χ2n) is 3.41. The van der Waals surface area contributed by atoms with Crippen molar-refractivity contribution in [2.45, 2.75) is 0 Å². The minimum absolute atomic E-state index is 0.429. The van der Waals surface area contributed by atoms with E-state index >= 15 is 0 Å². The van der Waals surface area contributed by atoms with Crippen LogP contribution in [0.1, 0.15) is 10.4 Å². The van der Waals surface area contributed by atoms with E-state index in [-0.39, 0.29) is 0 Å². The molecule has 0 spiro atoms. The van der Waals surface area contributed by atoms with Gasteiger partial charge in [-0.05, 0) is 29.8 Å². The lowest BCUT2D eigenvalue weighted by molar-refractivity contribution is 0.100. The highest BCUT2D eigenvalue weighted by atomic mass is 16.1. The topological polar surface area (TPSA) is 82.0 Å². The number of nitrogen functional groups attached to an aromatic ring is 1. The number of nitrogens with two attached hydrogens (primary N) is 2. The molecule has 0 aliphatic heterocycles. The van der Waals surface area contributed by atoms with E-state index in [2.05, 4.69) is 4.98 Å². The predicted octanol–water partition coefficient (Wildman–Crippen LogP) is 1.43. The Kier molecular flexibility index (Phi) is 2.55. The maximum atomic E-state index is 10.9. The van der Waals surface area contributed by atoms with Gasteiger partial charge in [0, 0.05) is 17.3 Å². The molecule has 0 saturated carbocycles. The Balaban J connectivity index is 2.34. The average Bonchev–Trinajstić information content (AvgIpc) is 2.30. The number of carbonyl (C=O) groups is 1. The van der Waals surface area contributed by atoms with Gasteiger partial charge in [0.25, 0.3) is 0 Å². The molecule has 4 nitrogen and oxygen atoms in total. The van der Waals surface area contributed by atoms with E-state index in [0.717, 1.165) is 11.1 Å². The fourth-order valence-corrected chi connectivity index (χ4v) is 1.40. The van der Waals surface area contributed by atoms with Crippen molar-refractivity contribution in [1.82, 2.24) is 4.98 Å². The summed E-state index contributed by atoms with van der Waals surface area (Å²) < 4.78 is 0. The smallest absolute Gasteiger partial charge is 0.248 e. The molecule has 4 heteroatoms.